The van der Waals surface area contributed by atoms with Gasteiger partial charge in [-0.25, -0.2) is 0 Å². The Labute approximate surface area is 90.1 Å². The fraction of sp³-hybridized carbons (Fsp3) is 1.00. The van der Waals surface area contributed by atoms with Gasteiger partial charge in [0.05, 0.1) is 0 Å². The van der Waals surface area contributed by atoms with Crippen molar-refractivity contribution in [1.29, 1.82) is 0 Å². The summed E-state index contributed by atoms with van der Waals surface area (Å²) in [5.74, 6) is 0. The first-order chi connectivity index (χ1) is 6.76. The van der Waals surface area contributed by atoms with Crippen LogP contribution in [0, 0.1) is 0 Å². The number of nitrogens with zero attached hydrogens (tertiary/aromatic N) is 1. The molecule has 0 aromatic heterocycles. The van der Waals surface area contributed by atoms with Crippen molar-refractivity contribution in [3.63, 3.8) is 0 Å². The Hall–Kier alpha value is -0.0800. The maximum absolute atomic E-state index is 3.36. The standard InChI is InChI=1S/C12H28N2/c1-5-12(6-2)14(4)11-9-8-10-13-7-3/h12-13H,5-11H2,1-4H3. The van der Waals surface area contributed by atoms with Gasteiger partial charge in [0.2, 0.25) is 0 Å². The molecule has 1 N–H and O–H groups in total. The highest BCUT2D eigenvalue weighted by atomic mass is 15.1. The maximum Gasteiger partial charge on any atom is 0.00869 e. The summed E-state index contributed by atoms with van der Waals surface area (Å²) < 4.78 is 0. The molecule has 0 bridgehead atoms. The molecule has 0 fully saturated rings. The van der Waals surface area contributed by atoms with Gasteiger partial charge in [-0.1, -0.05) is 20.8 Å². The molecule has 86 valence electrons. The van der Waals surface area contributed by atoms with Crippen LogP contribution in [0.5, 0.6) is 0 Å². The zero-order chi connectivity index (χ0) is 10.8. The molecular weight excluding hydrogens is 172 g/mol. The van der Waals surface area contributed by atoms with Crippen molar-refractivity contribution in [2.45, 2.75) is 52.5 Å². The van der Waals surface area contributed by atoms with Crippen LogP contribution in [0.1, 0.15) is 46.5 Å². The molecule has 0 rings (SSSR count). The first-order valence-electron chi connectivity index (χ1n) is 6.17. The lowest BCUT2D eigenvalue weighted by atomic mass is 10.1. The van der Waals surface area contributed by atoms with Crippen LogP contribution in [-0.4, -0.2) is 37.6 Å². The molecule has 0 aliphatic rings. The van der Waals surface area contributed by atoms with Crippen molar-refractivity contribution in [2.75, 3.05) is 26.7 Å². The van der Waals surface area contributed by atoms with Crippen LogP contribution in [0.4, 0.5) is 0 Å². The molecule has 0 saturated carbocycles. The van der Waals surface area contributed by atoms with Crippen LogP contribution in [0.15, 0.2) is 0 Å². The van der Waals surface area contributed by atoms with Gasteiger partial charge in [0.25, 0.3) is 0 Å². The fourth-order valence-electron chi connectivity index (χ4n) is 1.88. The van der Waals surface area contributed by atoms with Crippen molar-refractivity contribution >= 4 is 0 Å². The minimum atomic E-state index is 0.786. The van der Waals surface area contributed by atoms with Gasteiger partial charge in [-0.2, -0.15) is 0 Å². The minimum Gasteiger partial charge on any atom is -0.317 e. The van der Waals surface area contributed by atoms with Crippen molar-refractivity contribution in [1.82, 2.24) is 10.2 Å². The molecule has 0 amide bonds. The van der Waals surface area contributed by atoms with E-state index in [1.165, 1.54) is 38.8 Å². The number of unbranched alkanes of at least 4 members (excludes halogenated alkanes) is 1. The second kappa shape index (κ2) is 9.47. The first kappa shape index (κ1) is 13.9. The van der Waals surface area contributed by atoms with Gasteiger partial charge in [0.15, 0.2) is 0 Å². The monoisotopic (exact) mass is 200 g/mol. The third-order valence-electron chi connectivity index (χ3n) is 2.93. The topological polar surface area (TPSA) is 15.3 Å². The van der Waals surface area contributed by atoms with Gasteiger partial charge in [-0.15, -0.1) is 0 Å². The smallest absolute Gasteiger partial charge is 0.00869 e. The average Bonchev–Trinajstić information content (AvgIpc) is 2.19. The Morgan fingerprint density at radius 2 is 1.71 bits per heavy atom. The molecule has 0 aliphatic carbocycles. The van der Waals surface area contributed by atoms with Crippen molar-refractivity contribution in [3.05, 3.63) is 0 Å². The van der Waals surface area contributed by atoms with E-state index in [0.29, 0.717) is 0 Å². The molecule has 0 aromatic carbocycles. The number of hydrogen-bond donors (Lipinski definition) is 1. The third-order valence-corrected chi connectivity index (χ3v) is 2.93. The summed E-state index contributed by atoms with van der Waals surface area (Å²) in [6.07, 6.45) is 5.18. The summed E-state index contributed by atoms with van der Waals surface area (Å²) in [5, 5.41) is 3.36. The Balaban J connectivity index is 3.37. The zero-order valence-corrected chi connectivity index (χ0v) is 10.5. The summed E-state index contributed by atoms with van der Waals surface area (Å²) in [7, 11) is 2.25. The van der Waals surface area contributed by atoms with E-state index in [1.54, 1.807) is 0 Å². The molecule has 0 aromatic rings. The summed E-state index contributed by atoms with van der Waals surface area (Å²) in [6.45, 7) is 10.2. The van der Waals surface area contributed by atoms with E-state index in [4.69, 9.17) is 0 Å². The molecule has 2 heteroatoms. The highest BCUT2D eigenvalue weighted by Crippen LogP contribution is 2.06. The number of hydrogen-bond acceptors (Lipinski definition) is 2. The van der Waals surface area contributed by atoms with Gasteiger partial charge in [0.1, 0.15) is 0 Å². The molecule has 0 aliphatic heterocycles. The number of nitrogens with one attached hydrogen (secondary N) is 1. The average molecular weight is 200 g/mol. The Morgan fingerprint density at radius 3 is 2.21 bits per heavy atom. The van der Waals surface area contributed by atoms with E-state index in [2.05, 4.69) is 38.0 Å². The molecule has 0 saturated heterocycles. The maximum atomic E-state index is 3.36. The van der Waals surface area contributed by atoms with E-state index < -0.39 is 0 Å². The van der Waals surface area contributed by atoms with Crippen LogP contribution >= 0.6 is 0 Å². The van der Waals surface area contributed by atoms with Crippen molar-refractivity contribution in [2.24, 2.45) is 0 Å². The van der Waals surface area contributed by atoms with E-state index in [0.717, 1.165) is 12.6 Å². The van der Waals surface area contributed by atoms with Crippen molar-refractivity contribution in [3.8, 4) is 0 Å². The summed E-state index contributed by atoms with van der Waals surface area (Å²) >= 11 is 0. The lowest BCUT2D eigenvalue weighted by Gasteiger charge is -2.25. The molecule has 2 nitrogen and oxygen atoms in total. The third kappa shape index (κ3) is 6.39. The molecule has 14 heavy (non-hydrogen) atoms. The van der Waals surface area contributed by atoms with Gasteiger partial charge in [-0.05, 0) is 52.4 Å². The lowest BCUT2D eigenvalue weighted by molar-refractivity contribution is 0.225. The fourth-order valence-corrected chi connectivity index (χ4v) is 1.88. The summed E-state index contributed by atoms with van der Waals surface area (Å²) in [5.41, 5.74) is 0. The van der Waals surface area contributed by atoms with Gasteiger partial charge >= 0.3 is 0 Å². The summed E-state index contributed by atoms with van der Waals surface area (Å²) in [4.78, 5) is 2.51. The highest BCUT2D eigenvalue weighted by Gasteiger charge is 2.08. The SMILES string of the molecule is CCNCCCCN(C)C(CC)CC. The van der Waals surface area contributed by atoms with E-state index in [1.807, 2.05) is 0 Å². The largest absolute Gasteiger partial charge is 0.317 e. The molecule has 0 radical (unpaired) electrons. The van der Waals surface area contributed by atoms with E-state index >= 15 is 0 Å². The predicted molar refractivity (Wildman–Crippen MR) is 64.8 cm³/mol. The normalized spacial score (nSPS) is 11.6. The van der Waals surface area contributed by atoms with Gasteiger partial charge in [-0.3, -0.25) is 0 Å². The lowest BCUT2D eigenvalue weighted by Crippen LogP contribution is -2.31. The molecular formula is C12H28N2. The van der Waals surface area contributed by atoms with Gasteiger partial charge < -0.3 is 10.2 Å². The molecule has 0 unspecified atom stereocenters. The van der Waals surface area contributed by atoms with Crippen LogP contribution < -0.4 is 5.32 Å². The Morgan fingerprint density at radius 1 is 1.07 bits per heavy atom. The Bertz CT molecular complexity index is 111. The predicted octanol–water partition coefficient (Wildman–Crippen LogP) is 2.50. The molecule has 0 heterocycles. The zero-order valence-electron chi connectivity index (χ0n) is 10.5. The van der Waals surface area contributed by atoms with Crippen LogP contribution in [-0.2, 0) is 0 Å². The molecule has 0 spiro atoms. The van der Waals surface area contributed by atoms with Gasteiger partial charge in [0, 0.05) is 6.04 Å². The minimum absolute atomic E-state index is 0.786. The van der Waals surface area contributed by atoms with E-state index in [-0.39, 0.29) is 0 Å². The molecule has 0 atom stereocenters. The second-order valence-electron chi connectivity index (χ2n) is 4.01. The summed E-state index contributed by atoms with van der Waals surface area (Å²) in [6, 6.07) is 0.786. The van der Waals surface area contributed by atoms with Crippen LogP contribution in [0.2, 0.25) is 0 Å². The van der Waals surface area contributed by atoms with Crippen molar-refractivity contribution < 1.29 is 0 Å². The van der Waals surface area contributed by atoms with Crippen LogP contribution in [0.3, 0.4) is 0 Å². The first-order valence-corrected chi connectivity index (χ1v) is 6.17. The highest BCUT2D eigenvalue weighted by molar-refractivity contribution is 4.64. The quantitative estimate of drug-likeness (QED) is 0.575. The second-order valence-corrected chi connectivity index (χ2v) is 4.01. The van der Waals surface area contributed by atoms with E-state index in [9.17, 15) is 0 Å². The van der Waals surface area contributed by atoms with Crippen LogP contribution in [0.25, 0.3) is 0 Å². The number of rotatable bonds is 9. The Kier molecular flexibility index (Phi) is 9.42.